The van der Waals surface area contributed by atoms with Gasteiger partial charge in [-0.25, -0.2) is 0 Å². The molecule has 0 heterocycles. The highest BCUT2D eigenvalue weighted by Crippen LogP contribution is 2.17. The first-order chi connectivity index (χ1) is 9.13. The van der Waals surface area contributed by atoms with Crippen molar-refractivity contribution in [2.45, 2.75) is 19.5 Å². The van der Waals surface area contributed by atoms with Crippen molar-refractivity contribution in [2.75, 3.05) is 0 Å². The van der Waals surface area contributed by atoms with Crippen molar-refractivity contribution in [1.82, 2.24) is 0 Å². The van der Waals surface area contributed by atoms with Gasteiger partial charge in [0.25, 0.3) is 0 Å². The molecule has 0 aromatic heterocycles. The lowest BCUT2D eigenvalue weighted by Gasteiger charge is -2.06. The van der Waals surface area contributed by atoms with Gasteiger partial charge in [0.05, 0.1) is 0 Å². The summed E-state index contributed by atoms with van der Waals surface area (Å²) in [6.45, 7) is -2.79. The molecule has 0 spiro atoms. The predicted octanol–water partition coefficient (Wildman–Crippen LogP) is 3.78. The number of rotatable bonds is 5. The molecule has 0 saturated heterocycles. The third-order valence-electron chi connectivity index (χ3n) is 2.76. The number of benzene rings is 2. The standard InChI is InChI=1S/C15H14F2O2/c16-15(17)19-14-8-6-11(7-9-14)4-5-12-2-1-3-13(18)10-12/h1-3,6-10,15,18H,4-5H2. The van der Waals surface area contributed by atoms with Crippen LogP contribution in [0.5, 0.6) is 11.5 Å². The van der Waals surface area contributed by atoms with Crippen LogP contribution in [0, 0.1) is 0 Å². The minimum absolute atomic E-state index is 0.163. The van der Waals surface area contributed by atoms with E-state index in [1.165, 1.54) is 12.1 Å². The first-order valence-electron chi connectivity index (χ1n) is 5.95. The van der Waals surface area contributed by atoms with Crippen LogP contribution in [0.15, 0.2) is 48.5 Å². The Morgan fingerprint density at radius 3 is 2.26 bits per heavy atom. The van der Waals surface area contributed by atoms with E-state index in [0.29, 0.717) is 0 Å². The van der Waals surface area contributed by atoms with E-state index in [-0.39, 0.29) is 11.5 Å². The van der Waals surface area contributed by atoms with Crippen LogP contribution in [0.2, 0.25) is 0 Å². The molecule has 0 aliphatic heterocycles. The smallest absolute Gasteiger partial charge is 0.387 e. The maximum absolute atomic E-state index is 12.0. The van der Waals surface area contributed by atoms with Crippen molar-refractivity contribution < 1.29 is 18.6 Å². The summed E-state index contributed by atoms with van der Waals surface area (Å²) in [5.74, 6) is 0.411. The molecule has 0 radical (unpaired) electrons. The number of aryl methyl sites for hydroxylation is 2. The Kier molecular flexibility index (Phi) is 4.34. The largest absolute Gasteiger partial charge is 0.508 e. The summed E-state index contributed by atoms with van der Waals surface area (Å²) in [6, 6.07) is 13.7. The molecule has 0 fully saturated rings. The van der Waals surface area contributed by atoms with Crippen molar-refractivity contribution in [3.8, 4) is 11.5 Å². The van der Waals surface area contributed by atoms with Crippen LogP contribution in [0.4, 0.5) is 8.78 Å². The van der Waals surface area contributed by atoms with Crippen LogP contribution < -0.4 is 4.74 Å². The topological polar surface area (TPSA) is 29.5 Å². The monoisotopic (exact) mass is 264 g/mol. The van der Waals surface area contributed by atoms with E-state index in [1.54, 1.807) is 30.3 Å². The van der Waals surface area contributed by atoms with Crippen molar-refractivity contribution >= 4 is 0 Å². The average molecular weight is 264 g/mol. The lowest BCUT2D eigenvalue weighted by molar-refractivity contribution is -0.0498. The Balaban J connectivity index is 1.93. The number of aromatic hydroxyl groups is 1. The maximum atomic E-state index is 12.0. The van der Waals surface area contributed by atoms with Crippen LogP contribution in [0.25, 0.3) is 0 Å². The van der Waals surface area contributed by atoms with Gasteiger partial charge in [0.1, 0.15) is 11.5 Å². The normalized spacial score (nSPS) is 10.7. The number of ether oxygens (including phenoxy) is 1. The second-order valence-corrected chi connectivity index (χ2v) is 4.19. The molecule has 4 heteroatoms. The predicted molar refractivity (Wildman–Crippen MR) is 68.6 cm³/mol. The third kappa shape index (κ3) is 4.25. The molecule has 2 nitrogen and oxygen atoms in total. The first kappa shape index (κ1) is 13.3. The van der Waals surface area contributed by atoms with E-state index in [2.05, 4.69) is 4.74 Å². The highest BCUT2D eigenvalue weighted by molar-refractivity contribution is 5.30. The van der Waals surface area contributed by atoms with Crippen molar-refractivity contribution in [1.29, 1.82) is 0 Å². The molecular formula is C15H14F2O2. The van der Waals surface area contributed by atoms with E-state index in [4.69, 9.17) is 0 Å². The molecule has 2 aromatic rings. The SMILES string of the molecule is Oc1cccc(CCc2ccc(OC(F)F)cc2)c1. The third-order valence-corrected chi connectivity index (χ3v) is 2.76. The van der Waals surface area contributed by atoms with Crippen molar-refractivity contribution in [3.63, 3.8) is 0 Å². The molecule has 100 valence electrons. The molecule has 0 saturated carbocycles. The van der Waals surface area contributed by atoms with E-state index in [1.807, 2.05) is 6.07 Å². The summed E-state index contributed by atoms with van der Waals surface area (Å²) in [5.41, 5.74) is 2.07. The van der Waals surface area contributed by atoms with Crippen LogP contribution >= 0.6 is 0 Å². The van der Waals surface area contributed by atoms with Crippen LogP contribution in [-0.2, 0) is 12.8 Å². The maximum Gasteiger partial charge on any atom is 0.387 e. The van der Waals surface area contributed by atoms with Crippen molar-refractivity contribution in [2.24, 2.45) is 0 Å². The van der Waals surface area contributed by atoms with Gasteiger partial charge in [0, 0.05) is 0 Å². The second-order valence-electron chi connectivity index (χ2n) is 4.19. The molecule has 0 amide bonds. The van der Waals surface area contributed by atoms with E-state index in [9.17, 15) is 13.9 Å². The van der Waals surface area contributed by atoms with Crippen molar-refractivity contribution in [3.05, 3.63) is 59.7 Å². The zero-order valence-corrected chi connectivity index (χ0v) is 10.2. The Bertz CT molecular complexity index is 524. The van der Waals surface area contributed by atoms with Gasteiger partial charge in [-0.05, 0) is 48.2 Å². The van der Waals surface area contributed by atoms with Gasteiger partial charge < -0.3 is 9.84 Å². The lowest BCUT2D eigenvalue weighted by Crippen LogP contribution is -2.01. The van der Waals surface area contributed by atoms with Crippen LogP contribution in [0.1, 0.15) is 11.1 Å². The number of alkyl halides is 2. The lowest BCUT2D eigenvalue weighted by atomic mass is 10.0. The Labute approximate surface area is 110 Å². The molecule has 0 bridgehead atoms. The summed E-state index contributed by atoms with van der Waals surface area (Å²) in [7, 11) is 0. The van der Waals surface area contributed by atoms with Gasteiger partial charge in [-0.1, -0.05) is 24.3 Å². The van der Waals surface area contributed by atoms with Gasteiger partial charge in [-0.3, -0.25) is 0 Å². The number of halogens is 2. The van der Waals surface area contributed by atoms with Gasteiger partial charge in [-0.15, -0.1) is 0 Å². The number of phenolic OH excluding ortho intramolecular Hbond substituents is 1. The van der Waals surface area contributed by atoms with E-state index < -0.39 is 6.61 Å². The van der Waals surface area contributed by atoms with Gasteiger partial charge in [0.15, 0.2) is 0 Å². The highest BCUT2D eigenvalue weighted by atomic mass is 19.3. The highest BCUT2D eigenvalue weighted by Gasteiger charge is 2.03. The van der Waals surface area contributed by atoms with Gasteiger partial charge in [0.2, 0.25) is 0 Å². The molecule has 1 N–H and O–H groups in total. The fraction of sp³-hybridized carbons (Fsp3) is 0.200. The summed E-state index contributed by atoms with van der Waals surface area (Å²) < 4.78 is 28.2. The minimum Gasteiger partial charge on any atom is -0.508 e. The Hall–Kier alpha value is -2.10. The summed E-state index contributed by atoms with van der Waals surface area (Å²) in [4.78, 5) is 0. The first-order valence-corrected chi connectivity index (χ1v) is 5.95. The number of hydrogen-bond donors (Lipinski definition) is 1. The summed E-state index contributed by atoms with van der Waals surface area (Å²) in [6.07, 6.45) is 1.56. The average Bonchev–Trinajstić information content (AvgIpc) is 2.37. The molecule has 0 unspecified atom stereocenters. The zero-order valence-electron chi connectivity index (χ0n) is 10.2. The fourth-order valence-electron chi connectivity index (χ4n) is 1.84. The van der Waals surface area contributed by atoms with Crippen LogP contribution in [0.3, 0.4) is 0 Å². The molecule has 0 aliphatic carbocycles. The number of hydrogen-bond acceptors (Lipinski definition) is 2. The number of phenols is 1. The summed E-state index contributed by atoms with van der Waals surface area (Å²) in [5, 5.41) is 9.34. The minimum atomic E-state index is -2.79. The second kappa shape index (κ2) is 6.18. The van der Waals surface area contributed by atoms with E-state index in [0.717, 1.165) is 24.0 Å². The Morgan fingerprint density at radius 1 is 0.947 bits per heavy atom. The fourth-order valence-corrected chi connectivity index (χ4v) is 1.84. The molecular weight excluding hydrogens is 250 g/mol. The van der Waals surface area contributed by atoms with Crippen LogP contribution in [-0.4, -0.2) is 11.7 Å². The molecule has 0 aliphatic rings. The molecule has 2 aromatic carbocycles. The van der Waals surface area contributed by atoms with Gasteiger partial charge in [-0.2, -0.15) is 8.78 Å². The summed E-state index contributed by atoms with van der Waals surface area (Å²) >= 11 is 0. The van der Waals surface area contributed by atoms with Gasteiger partial charge >= 0.3 is 6.61 Å². The molecule has 19 heavy (non-hydrogen) atoms. The Morgan fingerprint density at radius 2 is 1.63 bits per heavy atom. The molecule has 0 atom stereocenters. The zero-order chi connectivity index (χ0) is 13.7. The molecule has 2 rings (SSSR count). The van der Waals surface area contributed by atoms with E-state index >= 15 is 0 Å². The quantitative estimate of drug-likeness (QED) is 0.890.